The molecule has 32 heavy (non-hydrogen) atoms. The largest absolute Gasteiger partial charge is 0.493 e. The van der Waals surface area contributed by atoms with Gasteiger partial charge in [0.2, 0.25) is 5.82 Å². The molecule has 1 heterocycles. The number of ether oxygens (including phenoxy) is 2. The number of carbonyl (C=O) groups is 1. The zero-order valence-corrected chi connectivity index (χ0v) is 15.9. The van der Waals surface area contributed by atoms with E-state index in [1.54, 1.807) is 0 Å². The Labute approximate surface area is 175 Å². The number of hydrogen-bond acceptors (Lipinski definition) is 4. The van der Waals surface area contributed by atoms with Crippen LogP contribution in [0.4, 0.5) is 36.6 Å². The van der Waals surface area contributed by atoms with E-state index >= 15 is 0 Å². The summed E-state index contributed by atoms with van der Waals surface area (Å²) < 4.78 is 102. The minimum atomic E-state index is -3.11. The number of anilines is 1. The Morgan fingerprint density at radius 3 is 2.22 bits per heavy atom. The second-order valence-corrected chi connectivity index (χ2v) is 6.15. The van der Waals surface area contributed by atoms with Gasteiger partial charge in [-0.2, -0.15) is 13.9 Å². The minimum absolute atomic E-state index is 0.0298. The first kappa shape index (κ1) is 22.9. The van der Waals surface area contributed by atoms with Crippen molar-refractivity contribution in [2.75, 3.05) is 12.4 Å². The summed E-state index contributed by atoms with van der Waals surface area (Å²) in [4.78, 5) is 12.4. The fourth-order valence-corrected chi connectivity index (χ4v) is 2.66. The fraction of sp³-hybridized carbons (Fsp3) is 0.158. The molecule has 1 amide bonds. The summed E-state index contributed by atoms with van der Waals surface area (Å²) >= 11 is 0. The quantitative estimate of drug-likeness (QED) is 0.319. The van der Waals surface area contributed by atoms with E-state index in [1.165, 1.54) is 19.2 Å². The first-order valence-corrected chi connectivity index (χ1v) is 8.60. The lowest BCUT2D eigenvalue weighted by molar-refractivity contribution is -0.0512. The van der Waals surface area contributed by atoms with Crippen LogP contribution in [0.3, 0.4) is 0 Å². The van der Waals surface area contributed by atoms with Crippen molar-refractivity contribution in [1.82, 2.24) is 9.78 Å². The van der Waals surface area contributed by atoms with E-state index in [1.807, 2.05) is 0 Å². The Kier molecular flexibility index (Phi) is 6.55. The van der Waals surface area contributed by atoms with Crippen LogP contribution in [0.1, 0.15) is 15.9 Å². The van der Waals surface area contributed by atoms with E-state index in [-0.39, 0.29) is 22.9 Å². The Bertz CT molecular complexity index is 1140. The number of nitrogens with zero attached hydrogens (tertiary/aromatic N) is 2. The van der Waals surface area contributed by atoms with Crippen molar-refractivity contribution >= 4 is 11.7 Å². The summed E-state index contributed by atoms with van der Waals surface area (Å²) in [5.74, 6) is -11.8. The molecule has 0 aliphatic carbocycles. The highest BCUT2D eigenvalue weighted by Crippen LogP contribution is 2.30. The van der Waals surface area contributed by atoms with Gasteiger partial charge in [0.25, 0.3) is 5.91 Å². The zero-order valence-electron chi connectivity index (χ0n) is 15.9. The van der Waals surface area contributed by atoms with Crippen LogP contribution < -0.4 is 14.8 Å². The lowest BCUT2D eigenvalue weighted by atomic mass is 10.1. The number of nitrogens with one attached hydrogen (secondary N) is 1. The van der Waals surface area contributed by atoms with Gasteiger partial charge in [0.15, 0.2) is 40.6 Å². The van der Waals surface area contributed by atoms with Crippen LogP contribution in [-0.2, 0) is 6.54 Å². The van der Waals surface area contributed by atoms with Gasteiger partial charge in [0.1, 0.15) is 0 Å². The van der Waals surface area contributed by atoms with Gasteiger partial charge in [0, 0.05) is 17.8 Å². The number of alkyl halides is 2. The number of rotatable bonds is 7. The van der Waals surface area contributed by atoms with Crippen LogP contribution in [0.5, 0.6) is 11.5 Å². The molecular weight excluding hydrogens is 451 g/mol. The van der Waals surface area contributed by atoms with Crippen LogP contribution in [0.15, 0.2) is 30.5 Å². The molecule has 0 atom stereocenters. The van der Waals surface area contributed by atoms with Gasteiger partial charge in [-0.05, 0) is 18.2 Å². The molecule has 3 rings (SSSR count). The van der Waals surface area contributed by atoms with Gasteiger partial charge in [0.05, 0.1) is 19.2 Å². The highest BCUT2D eigenvalue weighted by molar-refractivity contribution is 6.04. The minimum Gasteiger partial charge on any atom is -0.493 e. The maximum Gasteiger partial charge on any atom is 0.387 e. The molecule has 170 valence electrons. The second kappa shape index (κ2) is 9.16. The van der Waals surface area contributed by atoms with Crippen LogP contribution >= 0.6 is 0 Å². The Balaban J connectivity index is 1.77. The van der Waals surface area contributed by atoms with Crippen LogP contribution in [0.25, 0.3) is 0 Å². The number of halogens is 7. The summed E-state index contributed by atoms with van der Waals surface area (Å²) in [6, 6.07) is 4.58. The molecule has 0 spiro atoms. The number of methoxy groups -OCH3 is 1. The summed E-state index contributed by atoms with van der Waals surface area (Å²) in [5, 5.41) is 6.12. The third-order valence-corrected chi connectivity index (χ3v) is 4.14. The van der Waals surface area contributed by atoms with Crippen molar-refractivity contribution in [1.29, 1.82) is 0 Å². The maximum atomic E-state index is 13.8. The second-order valence-electron chi connectivity index (χ2n) is 6.15. The highest BCUT2D eigenvalue weighted by Gasteiger charge is 2.26. The predicted octanol–water partition coefficient (Wildman–Crippen LogP) is 4.49. The molecule has 13 heteroatoms. The number of carbonyl (C=O) groups excluding carboxylic acids is 1. The molecule has 0 radical (unpaired) electrons. The molecule has 0 bridgehead atoms. The van der Waals surface area contributed by atoms with E-state index in [4.69, 9.17) is 4.74 Å². The molecule has 0 unspecified atom stereocenters. The summed E-state index contributed by atoms with van der Waals surface area (Å²) in [7, 11) is 1.18. The Morgan fingerprint density at radius 2 is 1.62 bits per heavy atom. The third kappa shape index (κ3) is 4.60. The monoisotopic (exact) mass is 463 g/mol. The molecule has 6 nitrogen and oxygen atoms in total. The van der Waals surface area contributed by atoms with Crippen molar-refractivity contribution in [3.63, 3.8) is 0 Å². The Hall–Kier alpha value is -3.77. The maximum absolute atomic E-state index is 13.8. The van der Waals surface area contributed by atoms with Gasteiger partial charge in [-0.3, -0.25) is 9.48 Å². The molecule has 1 aromatic heterocycles. The normalized spacial score (nSPS) is 11.0. The SMILES string of the molecule is COc1cc(C(=O)Nc2ccn(Cc3c(F)c(F)c(F)c(F)c3F)n2)ccc1OC(F)F. The average Bonchev–Trinajstić information content (AvgIpc) is 3.20. The smallest absolute Gasteiger partial charge is 0.387 e. The first-order chi connectivity index (χ1) is 15.1. The van der Waals surface area contributed by atoms with Crippen molar-refractivity contribution in [3.8, 4) is 11.5 Å². The molecule has 0 aliphatic heterocycles. The van der Waals surface area contributed by atoms with E-state index in [9.17, 15) is 35.5 Å². The standard InChI is InChI=1S/C19H12F7N3O3/c1-31-11-6-8(2-3-10(11)32-19(25)26)18(30)27-12-4-5-29(28-12)7-9-13(20)15(22)17(24)16(23)14(9)21/h2-6,19H,7H2,1H3,(H,27,28,30). The Morgan fingerprint density at radius 1 is 1.00 bits per heavy atom. The van der Waals surface area contributed by atoms with Gasteiger partial charge in [-0.1, -0.05) is 0 Å². The number of amides is 1. The first-order valence-electron chi connectivity index (χ1n) is 8.60. The van der Waals surface area contributed by atoms with E-state index in [0.29, 0.717) is 0 Å². The molecular formula is C19H12F7N3O3. The molecule has 2 aromatic carbocycles. The van der Waals surface area contributed by atoms with Crippen LogP contribution in [0, 0.1) is 29.1 Å². The van der Waals surface area contributed by atoms with Gasteiger partial charge in [-0.15, -0.1) is 0 Å². The van der Waals surface area contributed by atoms with Crippen molar-refractivity contribution in [2.24, 2.45) is 0 Å². The number of hydrogen-bond donors (Lipinski definition) is 1. The molecule has 0 saturated heterocycles. The molecule has 0 saturated carbocycles. The van der Waals surface area contributed by atoms with Crippen molar-refractivity contribution in [2.45, 2.75) is 13.2 Å². The summed E-state index contributed by atoms with van der Waals surface area (Å²) in [6.45, 7) is -3.92. The molecule has 0 aliphatic rings. The molecule has 1 N–H and O–H groups in total. The molecule has 0 fully saturated rings. The van der Waals surface area contributed by atoms with E-state index in [2.05, 4.69) is 15.2 Å². The fourth-order valence-electron chi connectivity index (χ4n) is 2.66. The third-order valence-electron chi connectivity index (χ3n) is 4.14. The zero-order chi connectivity index (χ0) is 23.6. The summed E-state index contributed by atoms with van der Waals surface area (Å²) in [5.41, 5.74) is -1.14. The van der Waals surface area contributed by atoms with Crippen molar-refractivity contribution in [3.05, 3.63) is 70.7 Å². The highest BCUT2D eigenvalue weighted by atomic mass is 19.3. The number of aromatic nitrogens is 2. The molecule has 3 aromatic rings. The summed E-state index contributed by atoms with van der Waals surface area (Å²) in [6.07, 6.45) is 1.13. The average molecular weight is 463 g/mol. The predicted molar refractivity (Wildman–Crippen MR) is 95.1 cm³/mol. The van der Waals surface area contributed by atoms with Crippen LogP contribution in [-0.4, -0.2) is 29.4 Å². The number of benzene rings is 2. The van der Waals surface area contributed by atoms with E-state index < -0.39 is 53.7 Å². The van der Waals surface area contributed by atoms with E-state index in [0.717, 1.165) is 23.0 Å². The topological polar surface area (TPSA) is 65.4 Å². The van der Waals surface area contributed by atoms with Crippen LogP contribution in [0.2, 0.25) is 0 Å². The van der Waals surface area contributed by atoms with Gasteiger partial charge in [-0.25, -0.2) is 22.0 Å². The lowest BCUT2D eigenvalue weighted by Gasteiger charge is -2.11. The van der Waals surface area contributed by atoms with Gasteiger partial charge < -0.3 is 14.8 Å². The van der Waals surface area contributed by atoms with Gasteiger partial charge >= 0.3 is 6.61 Å². The lowest BCUT2D eigenvalue weighted by Crippen LogP contribution is -2.14. The van der Waals surface area contributed by atoms with Crippen molar-refractivity contribution < 1.29 is 45.0 Å².